The van der Waals surface area contributed by atoms with E-state index in [1.807, 2.05) is 18.7 Å². The molecule has 0 aliphatic carbocycles. The van der Waals surface area contributed by atoms with Crippen molar-refractivity contribution in [3.63, 3.8) is 0 Å². The average molecular weight is 344 g/mol. The summed E-state index contributed by atoms with van der Waals surface area (Å²) in [6.45, 7) is 7.59. The molecule has 25 heavy (non-hydrogen) atoms. The van der Waals surface area contributed by atoms with Crippen molar-refractivity contribution in [2.24, 2.45) is 5.92 Å². The predicted molar refractivity (Wildman–Crippen MR) is 92.2 cm³/mol. The fraction of sp³-hybridized carbons (Fsp3) is 0.556. The maximum Gasteiger partial charge on any atom is 0.256 e. The molecule has 0 saturated carbocycles. The summed E-state index contributed by atoms with van der Waals surface area (Å²) >= 11 is 0. The van der Waals surface area contributed by atoms with Gasteiger partial charge in [0.05, 0.1) is 18.4 Å². The van der Waals surface area contributed by atoms with E-state index in [4.69, 9.17) is 4.52 Å². The molecule has 0 N–H and O–H groups in total. The van der Waals surface area contributed by atoms with Crippen LogP contribution in [0.25, 0.3) is 0 Å². The SMILES string of the molecule is Cc1noc(C)c1CC(=O)N1CCC(Cn2cncc(C)c2=O)CC1. The van der Waals surface area contributed by atoms with Gasteiger partial charge in [0.25, 0.3) is 5.56 Å². The Morgan fingerprint density at radius 1 is 1.28 bits per heavy atom. The van der Waals surface area contributed by atoms with Gasteiger partial charge in [0, 0.05) is 37.0 Å². The highest BCUT2D eigenvalue weighted by atomic mass is 16.5. The standard InChI is InChI=1S/C18H24N4O3/c1-12-9-19-11-22(18(12)24)10-15-4-6-21(7-5-15)17(23)8-16-13(2)20-25-14(16)3/h9,11,15H,4-8,10H2,1-3H3. The number of aryl methyl sites for hydroxylation is 3. The highest BCUT2D eigenvalue weighted by molar-refractivity contribution is 5.79. The molecule has 1 aliphatic rings. The van der Waals surface area contributed by atoms with Gasteiger partial charge in [0.15, 0.2) is 0 Å². The van der Waals surface area contributed by atoms with Crippen molar-refractivity contribution in [1.29, 1.82) is 0 Å². The molecule has 1 aliphatic heterocycles. The first-order valence-corrected chi connectivity index (χ1v) is 8.66. The van der Waals surface area contributed by atoms with Gasteiger partial charge in [-0.25, -0.2) is 4.98 Å². The number of aromatic nitrogens is 3. The summed E-state index contributed by atoms with van der Waals surface area (Å²) in [5.74, 6) is 1.22. The van der Waals surface area contributed by atoms with Gasteiger partial charge in [-0.05, 0) is 39.5 Å². The Kier molecular flexibility index (Phi) is 5.01. The smallest absolute Gasteiger partial charge is 0.256 e. The van der Waals surface area contributed by atoms with Crippen LogP contribution < -0.4 is 5.56 Å². The van der Waals surface area contributed by atoms with Gasteiger partial charge in [0.2, 0.25) is 5.91 Å². The minimum absolute atomic E-state index is 0.0203. The zero-order valence-electron chi connectivity index (χ0n) is 15.0. The van der Waals surface area contributed by atoms with E-state index in [-0.39, 0.29) is 11.5 Å². The van der Waals surface area contributed by atoms with Gasteiger partial charge in [-0.1, -0.05) is 5.16 Å². The zero-order valence-corrected chi connectivity index (χ0v) is 15.0. The second-order valence-electron chi connectivity index (χ2n) is 6.84. The molecule has 0 bridgehead atoms. The number of hydrogen-bond donors (Lipinski definition) is 0. The molecule has 0 atom stereocenters. The third-order valence-corrected chi connectivity index (χ3v) is 5.00. The third kappa shape index (κ3) is 3.81. The van der Waals surface area contributed by atoms with Gasteiger partial charge in [-0.2, -0.15) is 0 Å². The largest absolute Gasteiger partial charge is 0.361 e. The van der Waals surface area contributed by atoms with Crippen LogP contribution in [-0.2, 0) is 17.8 Å². The molecule has 2 aromatic rings. The molecule has 3 heterocycles. The number of likely N-dealkylation sites (tertiary alicyclic amines) is 1. The van der Waals surface area contributed by atoms with Crippen LogP contribution in [0.2, 0.25) is 0 Å². The number of amides is 1. The van der Waals surface area contributed by atoms with Gasteiger partial charge < -0.3 is 9.42 Å². The zero-order chi connectivity index (χ0) is 18.0. The van der Waals surface area contributed by atoms with Crippen LogP contribution in [0.1, 0.15) is 35.4 Å². The Balaban J connectivity index is 1.56. The van der Waals surface area contributed by atoms with E-state index in [1.54, 1.807) is 24.0 Å². The molecule has 0 radical (unpaired) electrons. The summed E-state index contributed by atoms with van der Waals surface area (Å²) in [5, 5.41) is 3.90. The molecule has 0 aromatic carbocycles. The van der Waals surface area contributed by atoms with Crippen molar-refractivity contribution in [2.75, 3.05) is 13.1 Å². The van der Waals surface area contributed by atoms with Crippen molar-refractivity contribution >= 4 is 5.91 Å². The molecule has 3 rings (SSSR count). The maximum absolute atomic E-state index is 12.5. The molecule has 7 heteroatoms. The van der Waals surface area contributed by atoms with E-state index < -0.39 is 0 Å². The van der Waals surface area contributed by atoms with E-state index in [9.17, 15) is 9.59 Å². The van der Waals surface area contributed by atoms with Crippen LogP contribution in [0.15, 0.2) is 21.8 Å². The minimum Gasteiger partial charge on any atom is -0.361 e. The Bertz CT molecular complexity index is 796. The molecule has 2 aromatic heterocycles. The summed E-state index contributed by atoms with van der Waals surface area (Å²) in [7, 11) is 0. The summed E-state index contributed by atoms with van der Waals surface area (Å²) in [6.07, 6.45) is 5.33. The summed E-state index contributed by atoms with van der Waals surface area (Å²) in [4.78, 5) is 30.6. The van der Waals surface area contributed by atoms with Crippen LogP contribution in [0, 0.1) is 26.7 Å². The van der Waals surface area contributed by atoms with E-state index in [0.29, 0.717) is 30.2 Å². The number of nitrogens with zero attached hydrogens (tertiary/aromatic N) is 4. The lowest BCUT2D eigenvalue weighted by Gasteiger charge is -2.32. The number of carbonyl (C=O) groups is 1. The first-order valence-electron chi connectivity index (χ1n) is 8.66. The lowest BCUT2D eigenvalue weighted by Crippen LogP contribution is -2.41. The number of piperidine rings is 1. The molecule has 0 unspecified atom stereocenters. The molecule has 1 amide bonds. The molecule has 0 spiro atoms. The third-order valence-electron chi connectivity index (χ3n) is 5.00. The molecular formula is C18H24N4O3. The Morgan fingerprint density at radius 3 is 2.64 bits per heavy atom. The lowest BCUT2D eigenvalue weighted by atomic mass is 9.96. The van der Waals surface area contributed by atoms with Crippen LogP contribution in [0.3, 0.4) is 0 Å². The highest BCUT2D eigenvalue weighted by Crippen LogP contribution is 2.20. The van der Waals surface area contributed by atoms with Crippen LogP contribution in [-0.4, -0.2) is 38.6 Å². The average Bonchev–Trinajstić information content (AvgIpc) is 2.91. The van der Waals surface area contributed by atoms with Crippen molar-refractivity contribution in [1.82, 2.24) is 19.6 Å². The normalized spacial score (nSPS) is 15.6. The van der Waals surface area contributed by atoms with E-state index in [0.717, 1.165) is 37.2 Å². The first kappa shape index (κ1) is 17.4. The molecular weight excluding hydrogens is 320 g/mol. The van der Waals surface area contributed by atoms with Gasteiger partial charge in [-0.15, -0.1) is 0 Å². The summed E-state index contributed by atoms with van der Waals surface area (Å²) in [6, 6.07) is 0. The topological polar surface area (TPSA) is 81.2 Å². The Labute approximate surface area is 146 Å². The van der Waals surface area contributed by atoms with E-state index >= 15 is 0 Å². The van der Waals surface area contributed by atoms with E-state index in [2.05, 4.69) is 10.1 Å². The number of carbonyl (C=O) groups excluding carboxylic acids is 1. The Morgan fingerprint density at radius 2 is 2.00 bits per heavy atom. The second kappa shape index (κ2) is 7.21. The van der Waals surface area contributed by atoms with Gasteiger partial charge in [-0.3, -0.25) is 14.2 Å². The molecule has 134 valence electrons. The van der Waals surface area contributed by atoms with Gasteiger partial charge >= 0.3 is 0 Å². The summed E-state index contributed by atoms with van der Waals surface area (Å²) in [5.41, 5.74) is 2.36. The number of hydrogen-bond acceptors (Lipinski definition) is 5. The van der Waals surface area contributed by atoms with Gasteiger partial charge in [0.1, 0.15) is 5.76 Å². The Hall–Kier alpha value is -2.44. The quantitative estimate of drug-likeness (QED) is 0.842. The van der Waals surface area contributed by atoms with Crippen LogP contribution in [0.5, 0.6) is 0 Å². The minimum atomic E-state index is 0.0203. The fourth-order valence-electron chi connectivity index (χ4n) is 3.35. The number of rotatable bonds is 4. The summed E-state index contributed by atoms with van der Waals surface area (Å²) < 4.78 is 6.81. The fourth-order valence-corrected chi connectivity index (χ4v) is 3.35. The van der Waals surface area contributed by atoms with Crippen molar-refractivity contribution in [3.05, 3.63) is 45.5 Å². The van der Waals surface area contributed by atoms with Crippen molar-refractivity contribution < 1.29 is 9.32 Å². The van der Waals surface area contributed by atoms with Crippen molar-refractivity contribution in [2.45, 2.75) is 46.6 Å². The first-order chi connectivity index (χ1) is 12.0. The maximum atomic E-state index is 12.5. The lowest BCUT2D eigenvalue weighted by molar-refractivity contribution is -0.131. The highest BCUT2D eigenvalue weighted by Gasteiger charge is 2.25. The molecule has 1 saturated heterocycles. The second-order valence-corrected chi connectivity index (χ2v) is 6.84. The molecule has 1 fully saturated rings. The molecule has 7 nitrogen and oxygen atoms in total. The van der Waals surface area contributed by atoms with Crippen molar-refractivity contribution in [3.8, 4) is 0 Å². The van der Waals surface area contributed by atoms with Crippen LogP contribution in [0.4, 0.5) is 0 Å². The predicted octanol–water partition coefficient (Wildman–Crippen LogP) is 1.64. The van der Waals surface area contributed by atoms with Crippen LogP contribution >= 0.6 is 0 Å². The monoisotopic (exact) mass is 344 g/mol. The van der Waals surface area contributed by atoms with E-state index in [1.165, 1.54) is 0 Å².